The van der Waals surface area contributed by atoms with Gasteiger partial charge in [-0.25, -0.2) is 0 Å². The summed E-state index contributed by atoms with van der Waals surface area (Å²) in [5, 5.41) is 0. The highest BCUT2D eigenvalue weighted by molar-refractivity contribution is 5.97. The topological polar surface area (TPSA) is 55.6 Å². The Morgan fingerprint density at radius 2 is 1.94 bits per heavy atom. The van der Waals surface area contributed by atoms with E-state index in [2.05, 4.69) is 4.90 Å². The zero-order valence-electron chi connectivity index (χ0n) is 9.41. The second-order valence-corrected chi connectivity index (χ2v) is 4.17. The molecule has 0 bridgehead atoms. The maximum Gasteiger partial charge on any atom is 0.161 e. The third-order valence-corrected chi connectivity index (χ3v) is 3.06. The van der Waals surface area contributed by atoms with Gasteiger partial charge in [0, 0.05) is 37.3 Å². The van der Waals surface area contributed by atoms with E-state index in [0.717, 1.165) is 50.4 Å². The maximum absolute atomic E-state index is 11.7. The number of morpholine rings is 1. The van der Waals surface area contributed by atoms with Crippen LogP contribution in [0.2, 0.25) is 0 Å². The van der Waals surface area contributed by atoms with Crippen molar-refractivity contribution >= 4 is 18.2 Å². The van der Waals surface area contributed by atoms with Gasteiger partial charge in [-0.15, -0.1) is 12.4 Å². The number of ether oxygens (including phenoxy) is 1. The quantitative estimate of drug-likeness (QED) is 0.780. The minimum Gasteiger partial charge on any atom is -0.402 e. The molecule has 2 N–H and O–H groups in total. The van der Waals surface area contributed by atoms with E-state index in [1.54, 1.807) is 0 Å². The highest BCUT2D eigenvalue weighted by Crippen LogP contribution is 2.19. The van der Waals surface area contributed by atoms with Crippen LogP contribution in [0.5, 0.6) is 0 Å². The first-order chi connectivity index (χ1) is 7.27. The molecule has 1 aliphatic carbocycles. The number of hydrogen-bond acceptors (Lipinski definition) is 4. The lowest BCUT2D eigenvalue weighted by molar-refractivity contribution is -0.116. The van der Waals surface area contributed by atoms with Gasteiger partial charge >= 0.3 is 0 Å². The van der Waals surface area contributed by atoms with Crippen molar-refractivity contribution in [1.82, 2.24) is 4.90 Å². The molecule has 5 heteroatoms. The van der Waals surface area contributed by atoms with Crippen LogP contribution < -0.4 is 5.73 Å². The van der Waals surface area contributed by atoms with Gasteiger partial charge in [0.25, 0.3) is 0 Å². The third kappa shape index (κ3) is 3.20. The van der Waals surface area contributed by atoms with Gasteiger partial charge in [-0.1, -0.05) is 0 Å². The molecule has 4 nitrogen and oxygen atoms in total. The zero-order chi connectivity index (χ0) is 10.7. The SMILES string of the molecule is Cl.NC1=C(CN2CCOCC2)C(=O)CCC1. The summed E-state index contributed by atoms with van der Waals surface area (Å²) in [6.45, 7) is 4.06. The summed E-state index contributed by atoms with van der Waals surface area (Å²) in [7, 11) is 0. The number of hydrogen-bond donors (Lipinski definition) is 1. The predicted molar refractivity (Wildman–Crippen MR) is 64.6 cm³/mol. The fourth-order valence-corrected chi connectivity index (χ4v) is 2.09. The van der Waals surface area contributed by atoms with Crippen LogP contribution in [-0.2, 0) is 9.53 Å². The summed E-state index contributed by atoms with van der Waals surface area (Å²) >= 11 is 0. The van der Waals surface area contributed by atoms with Gasteiger partial charge in [0.05, 0.1) is 13.2 Å². The highest BCUT2D eigenvalue weighted by Gasteiger charge is 2.21. The van der Waals surface area contributed by atoms with Crippen LogP contribution in [0, 0.1) is 0 Å². The van der Waals surface area contributed by atoms with Crippen LogP contribution in [-0.4, -0.2) is 43.5 Å². The number of nitrogens with zero attached hydrogens (tertiary/aromatic N) is 1. The summed E-state index contributed by atoms with van der Waals surface area (Å²) in [4.78, 5) is 13.9. The van der Waals surface area contributed by atoms with Crippen molar-refractivity contribution in [2.24, 2.45) is 5.73 Å². The van der Waals surface area contributed by atoms with Crippen molar-refractivity contribution in [1.29, 1.82) is 0 Å². The Hall–Kier alpha value is -0.580. The Bertz CT molecular complexity index is 286. The molecule has 0 amide bonds. The molecule has 0 unspecified atom stereocenters. The van der Waals surface area contributed by atoms with Gasteiger partial charge < -0.3 is 10.5 Å². The van der Waals surface area contributed by atoms with Crippen LogP contribution in [0.3, 0.4) is 0 Å². The van der Waals surface area contributed by atoms with Gasteiger partial charge in [-0.3, -0.25) is 9.69 Å². The van der Waals surface area contributed by atoms with Crippen molar-refractivity contribution < 1.29 is 9.53 Å². The van der Waals surface area contributed by atoms with Crippen molar-refractivity contribution in [2.75, 3.05) is 32.8 Å². The Kier molecular flexibility index (Phi) is 5.25. The standard InChI is InChI=1S/C11H18N2O2.ClH/c12-10-2-1-3-11(14)9(10)8-13-4-6-15-7-5-13;/h1-8,12H2;1H. The molecule has 1 fully saturated rings. The maximum atomic E-state index is 11.7. The second-order valence-electron chi connectivity index (χ2n) is 4.17. The minimum absolute atomic E-state index is 0. The number of ketones is 1. The first-order valence-electron chi connectivity index (χ1n) is 5.58. The molecular formula is C11H19ClN2O2. The second kappa shape index (κ2) is 6.23. The summed E-state index contributed by atoms with van der Waals surface area (Å²) in [5.74, 6) is 0.241. The van der Waals surface area contributed by atoms with Crippen LogP contribution in [0.1, 0.15) is 19.3 Å². The van der Waals surface area contributed by atoms with Crippen LogP contribution in [0.4, 0.5) is 0 Å². The molecule has 0 aromatic heterocycles. The van der Waals surface area contributed by atoms with Gasteiger partial charge in [-0.2, -0.15) is 0 Å². The highest BCUT2D eigenvalue weighted by atomic mass is 35.5. The van der Waals surface area contributed by atoms with E-state index in [-0.39, 0.29) is 18.2 Å². The summed E-state index contributed by atoms with van der Waals surface area (Å²) in [6, 6.07) is 0. The van der Waals surface area contributed by atoms with Crippen molar-refractivity contribution in [3.05, 3.63) is 11.3 Å². The van der Waals surface area contributed by atoms with E-state index in [1.165, 1.54) is 0 Å². The number of halogens is 1. The predicted octanol–water partition coefficient (Wildman–Crippen LogP) is 0.706. The first-order valence-corrected chi connectivity index (χ1v) is 5.58. The van der Waals surface area contributed by atoms with E-state index in [4.69, 9.17) is 10.5 Å². The van der Waals surface area contributed by atoms with Crippen molar-refractivity contribution in [3.8, 4) is 0 Å². The normalized spacial score (nSPS) is 23.1. The fraction of sp³-hybridized carbons (Fsp3) is 0.727. The van der Waals surface area contributed by atoms with Crippen molar-refractivity contribution in [3.63, 3.8) is 0 Å². The van der Waals surface area contributed by atoms with Gasteiger partial charge in [0.15, 0.2) is 5.78 Å². The molecule has 2 rings (SSSR count). The molecule has 0 aromatic carbocycles. The first kappa shape index (κ1) is 13.5. The fourth-order valence-electron chi connectivity index (χ4n) is 2.09. The molecule has 92 valence electrons. The lowest BCUT2D eigenvalue weighted by Crippen LogP contribution is -2.39. The van der Waals surface area contributed by atoms with Gasteiger partial charge in [-0.05, 0) is 12.8 Å². The molecule has 0 saturated carbocycles. The number of carbonyl (C=O) groups is 1. The minimum atomic E-state index is 0. The smallest absolute Gasteiger partial charge is 0.161 e. The molecule has 0 atom stereocenters. The number of allylic oxidation sites excluding steroid dienone is 1. The average Bonchev–Trinajstić information content (AvgIpc) is 2.25. The van der Waals surface area contributed by atoms with E-state index in [0.29, 0.717) is 13.0 Å². The molecule has 1 heterocycles. The van der Waals surface area contributed by atoms with Crippen LogP contribution >= 0.6 is 12.4 Å². The van der Waals surface area contributed by atoms with Crippen molar-refractivity contribution in [2.45, 2.75) is 19.3 Å². The number of nitrogens with two attached hydrogens (primary N) is 1. The lowest BCUT2D eigenvalue weighted by Gasteiger charge is -2.28. The summed E-state index contributed by atoms with van der Waals surface area (Å²) in [5.41, 5.74) is 7.54. The van der Waals surface area contributed by atoms with E-state index >= 15 is 0 Å². The Labute approximate surface area is 102 Å². The average molecular weight is 247 g/mol. The zero-order valence-corrected chi connectivity index (χ0v) is 10.2. The molecule has 1 aliphatic heterocycles. The number of rotatable bonds is 2. The van der Waals surface area contributed by atoms with E-state index in [1.807, 2.05) is 0 Å². The van der Waals surface area contributed by atoms with Gasteiger partial charge in [0.1, 0.15) is 0 Å². The molecule has 0 aromatic rings. The number of Topliss-reactive ketones (excluding diaryl/α,β-unsaturated/α-hetero) is 1. The Morgan fingerprint density at radius 1 is 1.25 bits per heavy atom. The molecule has 0 radical (unpaired) electrons. The van der Waals surface area contributed by atoms with Gasteiger partial charge in [0.2, 0.25) is 0 Å². The Morgan fingerprint density at radius 3 is 2.56 bits per heavy atom. The summed E-state index contributed by atoms with van der Waals surface area (Å²) < 4.78 is 5.27. The Balaban J connectivity index is 0.00000128. The largest absolute Gasteiger partial charge is 0.402 e. The third-order valence-electron chi connectivity index (χ3n) is 3.06. The number of carbonyl (C=O) groups excluding carboxylic acids is 1. The monoisotopic (exact) mass is 246 g/mol. The van der Waals surface area contributed by atoms with Crippen LogP contribution in [0.25, 0.3) is 0 Å². The summed E-state index contributed by atoms with van der Waals surface area (Å²) in [6.07, 6.45) is 2.46. The van der Waals surface area contributed by atoms with Crippen LogP contribution in [0.15, 0.2) is 11.3 Å². The van der Waals surface area contributed by atoms with E-state index < -0.39 is 0 Å². The molecule has 0 spiro atoms. The molecule has 2 aliphatic rings. The van der Waals surface area contributed by atoms with E-state index in [9.17, 15) is 4.79 Å². The molecule has 16 heavy (non-hydrogen) atoms. The lowest BCUT2D eigenvalue weighted by atomic mass is 9.95. The molecule has 1 saturated heterocycles. The molecular weight excluding hydrogens is 228 g/mol.